The van der Waals surface area contributed by atoms with Crippen molar-refractivity contribution in [3.05, 3.63) is 34.9 Å². The minimum Gasteiger partial charge on any atom is -0.323 e. The number of aryl methyl sites for hydroxylation is 2. The number of rotatable bonds is 7. The summed E-state index contributed by atoms with van der Waals surface area (Å²) in [5.74, 6) is 0.943. The van der Waals surface area contributed by atoms with E-state index in [0.717, 1.165) is 12.5 Å². The largest absolute Gasteiger partial charge is 0.323 e. The van der Waals surface area contributed by atoms with Gasteiger partial charge in [0.15, 0.2) is 0 Å². The summed E-state index contributed by atoms with van der Waals surface area (Å²) >= 11 is 0. The molecule has 2 heteroatoms. The summed E-state index contributed by atoms with van der Waals surface area (Å²) < 4.78 is 0. The number of benzene rings is 1. The van der Waals surface area contributed by atoms with Gasteiger partial charge in [-0.1, -0.05) is 36.2 Å². The van der Waals surface area contributed by atoms with Crippen LogP contribution >= 0.6 is 0 Å². The monoisotopic (exact) mass is 260 g/mol. The Morgan fingerprint density at radius 3 is 2.37 bits per heavy atom. The van der Waals surface area contributed by atoms with E-state index in [0.29, 0.717) is 0 Å². The van der Waals surface area contributed by atoms with Gasteiger partial charge in [-0.25, -0.2) is 0 Å². The minimum absolute atomic E-state index is 0.142. The molecule has 0 heterocycles. The van der Waals surface area contributed by atoms with E-state index in [1.807, 2.05) is 0 Å². The first-order valence-electron chi connectivity index (χ1n) is 7.64. The van der Waals surface area contributed by atoms with Crippen molar-refractivity contribution in [2.75, 3.05) is 19.6 Å². The van der Waals surface area contributed by atoms with Gasteiger partial charge in [-0.15, -0.1) is 0 Å². The zero-order chi connectivity index (χ0) is 13.8. The second-order valence-corrected chi connectivity index (χ2v) is 6.23. The molecule has 1 atom stereocenters. The molecule has 1 unspecified atom stereocenters. The van der Waals surface area contributed by atoms with Crippen LogP contribution in [0.15, 0.2) is 18.2 Å². The second kappa shape index (κ2) is 6.53. The van der Waals surface area contributed by atoms with Crippen molar-refractivity contribution < 1.29 is 0 Å². The maximum atomic E-state index is 6.42. The summed E-state index contributed by atoms with van der Waals surface area (Å²) in [6.45, 7) is 9.96. The average Bonchev–Trinajstić information content (AvgIpc) is 3.11. The molecule has 1 saturated carbocycles. The Morgan fingerprint density at radius 1 is 1.21 bits per heavy atom. The van der Waals surface area contributed by atoms with Crippen molar-refractivity contribution in [2.45, 2.75) is 46.1 Å². The fraction of sp³-hybridized carbons (Fsp3) is 0.647. The highest BCUT2D eigenvalue weighted by Crippen LogP contribution is 2.30. The minimum atomic E-state index is 0.142. The zero-order valence-corrected chi connectivity index (χ0v) is 12.7. The highest BCUT2D eigenvalue weighted by molar-refractivity contribution is 5.30. The van der Waals surface area contributed by atoms with Gasteiger partial charge in [0.25, 0.3) is 0 Å². The van der Waals surface area contributed by atoms with Gasteiger partial charge < -0.3 is 10.6 Å². The van der Waals surface area contributed by atoms with E-state index >= 15 is 0 Å². The van der Waals surface area contributed by atoms with Crippen molar-refractivity contribution in [3.8, 4) is 0 Å². The first kappa shape index (κ1) is 14.5. The van der Waals surface area contributed by atoms with Crippen LogP contribution < -0.4 is 5.73 Å². The Hall–Kier alpha value is -0.860. The molecule has 2 N–H and O–H groups in total. The predicted octanol–water partition coefficient (Wildman–Crippen LogP) is 3.43. The Labute approximate surface area is 118 Å². The lowest BCUT2D eigenvalue weighted by atomic mass is 10.0. The molecule has 1 aromatic carbocycles. The molecule has 2 rings (SSSR count). The van der Waals surface area contributed by atoms with Crippen molar-refractivity contribution >= 4 is 0 Å². The van der Waals surface area contributed by atoms with E-state index in [1.54, 1.807) is 0 Å². The van der Waals surface area contributed by atoms with Crippen LogP contribution in [-0.2, 0) is 0 Å². The van der Waals surface area contributed by atoms with Gasteiger partial charge in [-0.05, 0) is 51.1 Å². The molecule has 1 fully saturated rings. The van der Waals surface area contributed by atoms with Gasteiger partial charge in [0.05, 0.1) is 0 Å². The first-order valence-corrected chi connectivity index (χ1v) is 7.64. The smallest absolute Gasteiger partial charge is 0.0424 e. The summed E-state index contributed by atoms with van der Waals surface area (Å²) in [4.78, 5) is 2.56. The number of hydrogen-bond donors (Lipinski definition) is 1. The number of nitrogens with two attached hydrogens (primary N) is 1. The maximum Gasteiger partial charge on any atom is 0.0424 e. The SMILES string of the molecule is CCCN(CC1CC1)CC(N)c1cc(C)cc(C)c1. The standard InChI is InChI=1S/C17H28N2/c1-4-7-19(11-15-5-6-15)12-17(18)16-9-13(2)8-14(3)10-16/h8-10,15,17H,4-7,11-12,18H2,1-3H3. The molecule has 1 aliphatic rings. The van der Waals surface area contributed by atoms with E-state index in [1.165, 1.54) is 49.0 Å². The molecule has 2 nitrogen and oxygen atoms in total. The van der Waals surface area contributed by atoms with Gasteiger partial charge in [0, 0.05) is 19.1 Å². The van der Waals surface area contributed by atoms with Crippen molar-refractivity contribution in [1.82, 2.24) is 4.90 Å². The van der Waals surface area contributed by atoms with E-state index in [-0.39, 0.29) is 6.04 Å². The third-order valence-corrected chi connectivity index (χ3v) is 3.88. The first-order chi connectivity index (χ1) is 9.08. The lowest BCUT2D eigenvalue weighted by Crippen LogP contribution is -2.34. The molecular formula is C17H28N2. The van der Waals surface area contributed by atoms with E-state index in [2.05, 4.69) is 43.9 Å². The lowest BCUT2D eigenvalue weighted by Gasteiger charge is -2.25. The molecule has 0 bridgehead atoms. The fourth-order valence-electron chi connectivity index (χ4n) is 2.85. The Bertz CT molecular complexity index is 389. The molecule has 106 valence electrons. The molecule has 0 radical (unpaired) electrons. The highest BCUT2D eigenvalue weighted by atomic mass is 15.1. The molecule has 1 aromatic rings. The average molecular weight is 260 g/mol. The molecule has 0 saturated heterocycles. The van der Waals surface area contributed by atoms with Crippen LogP contribution in [0.25, 0.3) is 0 Å². The zero-order valence-electron chi connectivity index (χ0n) is 12.7. The predicted molar refractivity (Wildman–Crippen MR) is 82.3 cm³/mol. The fourth-order valence-corrected chi connectivity index (χ4v) is 2.85. The molecule has 0 aliphatic heterocycles. The highest BCUT2D eigenvalue weighted by Gasteiger charge is 2.24. The van der Waals surface area contributed by atoms with Gasteiger partial charge in [0.1, 0.15) is 0 Å². The van der Waals surface area contributed by atoms with Crippen LogP contribution in [0.2, 0.25) is 0 Å². The summed E-state index contributed by atoms with van der Waals surface area (Å²) in [5, 5.41) is 0. The molecule has 1 aliphatic carbocycles. The maximum absolute atomic E-state index is 6.42. The van der Waals surface area contributed by atoms with Crippen LogP contribution in [0.4, 0.5) is 0 Å². The van der Waals surface area contributed by atoms with Gasteiger partial charge >= 0.3 is 0 Å². The third-order valence-electron chi connectivity index (χ3n) is 3.88. The molecular weight excluding hydrogens is 232 g/mol. The van der Waals surface area contributed by atoms with Crippen molar-refractivity contribution in [3.63, 3.8) is 0 Å². The van der Waals surface area contributed by atoms with Crippen LogP contribution in [0, 0.1) is 19.8 Å². The van der Waals surface area contributed by atoms with Crippen molar-refractivity contribution in [1.29, 1.82) is 0 Å². The molecule has 19 heavy (non-hydrogen) atoms. The van der Waals surface area contributed by atoms with Crippen molar-refractivity contribution in [2.24, 2.45) is 11.7 Å². The Balaban J connectivity index is 1.98. The Morgan fingerprint density at radius 2 is 1.84 bits per heavy atom. The normalized spacial score (nSPS) is 16.9. The number of hydrogen-bond acceptors (Lipinski definition) is 2. The van der Waals surface area contributed by atoms with Crippen LogP contribution in [-0.4, -0.2) is 24.5 Å². The van der Waals surface area contributed by atoms with Gasteiger partial charge in [0.2, 0.25) is 0 Å². The molecule has 0 aromatic heterocycles. The number of nitrogens with zero attached hydrogens (tertiary/aromatic N) is 1. The van der Waals surface area contributed by atoms with Gasteiger partial charge in [-0.3, -0.25) is 0 Å². The summed E-state index contributed by atoms with van der Waals surface area (Å²) in [5.41, 5.74) is 10.3. The Kier molecular flexibility index (Phi) is 5.00. The topological polar surface area (TPSA) is 29.3 Å². The lowest BCUT2D eigenvalue weighted by molar-refractivity contribution is 0.248. The molecule has 0 spiro atoms. The quantitative estimate of drug-likeness (QED) is 0.814. The summed E-state index contributed by atoms with van der Waals surface area (Å²) in [7, 11) is 0. The summed E-state index contributed by atoms with van der Waals surface area (Å²) in [6, 6.07) is 6.83. The molecule has 0 amide bonds. The third kappa shape index (κ3) is 4.63. The van der Waals surface area contributed by atoms with E-state index < -0.39 is 0 Å². The van der Waals surface area contributed by atoms with Crippen LogP contribution in [0.1, 0.15) is 48.9 Å². The summed E-state index contributed by atoms with van der Waals surface area (Å²) in [6.07, 6.45) is 4.05. The van der Waals surface area contributed by atoms with Crippen LogP contribution in [0.5, 0.6) is 0 Å². The van der Waals surface area contributed by atoms with Gasteiger partial charge in [-0.2, -0.15) is 0 Å². The second-order valence-electron chi connectivity index (χ2n) is 6.23. The van der Waals surface area contributed by atoms with E-state index in [4.69, 9.17) is 5.73 Å². The van der Waals surface area contributed by atoms with E-state index in [9.17, 15) is 0 Å². The van der Waals surface area contributed by atoms with Crippen LogP contribution in [0.3, 0.4) is 0 Å².